The van der Waals surface area contributed by atoms with Crippen LogP contribution in [0.3, 0.4) is 0 Å². The first-order valence-corrected chi connectivity index (χ1v) is 7.26. The number of hydrogen-bond acceptors (Lipinski definition) is 3. The van der Waals surface area contributed by atoms with Crippen LogP contribution in [-0.2, 0) is 13.6 Å². The van der Waals surface area contributed by atoms with Gasteiger partial charge in [-0.1, -0.05) is 26.2 Å². The van der Waals surface area contributed by atoms with Crippen LogP contribution in [0.1, 0.15) is 45.4 Å². The molecule has 0 heterocycles. The highest BCUT2D eigenvalue weighted by Crippen LogP contribution is 2.50. The monoisotopic (exact) mass is 220 g/mol. The molecule has 0 bridgehead atoms. The smallest absolute Gasteiger partial charge is 0.312 e. The minimum absolute atomic E-state index is 0.168. The van der Waals surface area contributed by atoms with Crippen molar-refractivity contribution in [2.45, 2.75) is 51.6 Å². The Kier molecular flexibility index (Phi) is 5.14. The van der Waals surface area contributed by atoms with E-state index in [0.717, 1.165) is 19.3 Å². The summed E-state index contributed by atoms with van der Waals surface area (Å²) >= 11 is 0. The summed E-state index contributed by atoms with van der Waals surface area (Å²) in [5.41, 5.74) is 0. The van der Waals surface area contributed by atoms with Gasteiger partial charge in [0.2, 0.25) is 0 Å². The maximum Gasteiger partial charge on any atom is 0.330 e. The third-order valence-electron chi connectivity index (χ3n) is 2.64. The summed E-state index contributed by atoms with van der Waals surface area (Å²) in [7, 11) is -1.28. The Bertz CT molecular complexity index is 200. The molecule has 3 nitrogen and oxygen atoms in total. The van der Waals surface area contributed by atoms with Gasteiger partial charge >= 0.3 is 7.60 Å². The Labute approximate surface area is 86.7 Å². The Morgan fingerprint density at radius 1 is 1.29 bits per heavy atom. The standard InChI is InChI=1S/C10H21O3P/c1-3-9-14(11,12-2)13-10-7-5-4-6-8-10/h10H,3-9H2,1-2H3. The maximum atomic E-state index is 12.0. The highest BCUT2D eigenvalue weighted by molar-refractivity contribution is 7.53. The van der Waals surface area contributed by atoms with Gasteiger partial charge < -0.3 is 9.05 Å². The van der Waals surface area contributed by atoms with Gasteiger partial charge in [-0.2, -0.15) is 0 Å². The molecular formula is C10H21O3P. The van der Waals surface area contributed by atoms with Crippen LogP contribution in [0.25, 0.3) is 0 Å². The molecule has 0 N–H and O–H groups in total. The van der Waals surface area contributed by atoms with E-state index in [4.69, 9.17) is 9.05 Å². The summed E-state index contributed by atoms with van der Waals surface area (Å²) in [6.07, 6.45) is 7.30. The molecule has 84 valence electrons. The second-order valence-corrected chi connectivity index (χ2v) is 6.13. The summed E-state index contributed by atoms with van der Waals surface area (Å²) < 4.78 is 22.6. The van der Waals surface area contributed by atoms with Crippen molar-refractivity contribution in [1.29, 1.82) is 0 Å². The van der Waals surface area contributed by atoms with Crippen molar-refractivity contribution < 1.29 is 13.6 Å². The number of hydrogen-bond donors (Lipinski definition) is 0. The lowest BCUT2D eigenvalue weighted by Gasteiger charge is -2.26. The average molecular weight is 220 g/mol. The van der Waals surface area contributed by atoms with Crippen molar-refractivity contribution in [3.05, 3.63) is 0 Å². The van der Waals surface area contributed by atoms with Crippen LogP contribution >= 0.6 is 7.60 Å². The maximum absolute atomic E-state index is 12.0. The lowest BCUT2D eigenvalue weighted by atomic mass is 9.98. The van der Waals surface area contributed by atoms with Crippen LogP contribution in [-0.4, -0.2) is 19.4 Å². The first-order valence-electron chi connectivity index (χ1n) is 5.53. The Balaban J connectivity index is 2.41. The van der Waals surface area contributed by atoms with Crippen LogP contribution in [0.15, 0.2) is 0 Å². The summed E-state index contributed by atoms with van der Waals surface area (Å²) in [6.45, 7) is 2.00. The molecule has 1 fully saturated rings. The van der Waals surface area contributed by atoms with Gasteiger partial charge in [0.05, 0.1) is 6.10 Å². The van der Waals surface area contributed by atoms with Crippen molar-refractivity contribution in [3.8, 4) is 0 Å². The van der Waals surface area contributed by atoms with E-state index in [1.807, 2.05) is 6.92 Å². The molecule has 1 unspecified atom stereocenters. The molecular weight excluding hydrogens is 199 g/mol. The molecule has 1 aliphatic rings. The summed E-state index contributed by atoms with van der Waals surface area (Å²) in [6, 6.07) is 0. The fourth-order valence-electron chi connectivity index (χ4n) is 1.86. The third-order valence-corrected chi connectivity index (χ3v) is 4.81. The molecule has 0 aromatic carbocycles. The quantitative estimate of drug-likeness (QED) is 0.664. The minimum atomic E-state index is -2.77. The zero-order chi connectivity index (χ0) is 10.4. The second kappa shape index (κ2) is 5.89. The van der Waals surface area contributed by atoms with E-state index in [1.54, 1.807) is 0 Å². The van der Waals surface area contributed by atoms with Gasteiger partial charge in [-0.3, -0.25) is 4.57 Å². The van der Waals surface area contributed by atoms with Crippen LogP contribution in [0.5, 0.6) is 0 Å². The van der Waals surface area contributed by atoms with Crippen molar-refractivity contribution in [1.82, 2.24) is 0 Å². The van der Waals surface area contributed by atoms with E-state index in [2.05, 4.69) is 0 Å². The summed E-state index contributed by atoms with van der Waals surface area (Å²) in [5, 5.41) is 0. The fourth-order valence-corrected chi connectivity index (χ4v) is 3.45. The first kappa shape index (κ1) is 12.2. The fraction of sp³-hybridized carbons (Fsp3) is 1.00. The van der Waals surface area contributed by atoms with Gasteiger partial charge in [0.25, 0.3) is 0 Å². The molecule has 1 rings (SSSR count). The average Bonchev–Trinajstić information content (AvgIpc) is 2.20. The lowest BCUT2D eigenvalue weighted by molar-refractivity contribution is 0.126. The second-order valence-electron chi connectivity index (χ2n) is 3.88. The third kappa shape index (κ3) is 3.72. The molecule has 0 amide bonds. The Hall–Kier alpha value is 0.150. The predicted octanol–water partition coefficient (Wildman–Crippen LogP) is 3.59. The van der Waals surface area contributed by atoms with Crippen LogP contribution in [0.4, 0.5) is 0 Å². The molecule has 0 saturated heterocycles. The zero-order valence-corrected chi connectivity index (χ0v) is 10.1. The van der Waals surface area contributed by atoms with Gasteiger partial charge in [-0.15, -0.1) is 0 Å². The number of rotatable bonds is 5. The molecule has 0 aromatic rings. The van der Waals surface area contributed by atoms with E-state index >= 15 is 0 Å². The molecule has 4 heteroatoms. The van der Waals surface area contributed by atoms with Gasteiger partial charge in [0, 0.05) is 13.3 Å². The van der Waals surface area contributed by atoms with Gasteiger partial charge in [0.15, 0.2) is 0 Å². The Morgan fingerprint density at radius 2 is 1.93 bits per heavy atom. The zero-order valence-electron chi connectivity index (χ0n) is 9.20. The summed E-state index contributed by atoms with van der Waals surface area (Å²) in [5.74, 6) is 0. The van der Waals surface area contributed by atoms with Crippen molar-refractivity contribution >= 4 is 7.60 Å². The molecule has 1 atom stereocenters. The molecule has 0 aromatic heterocycles. The van der Waals surface area contributed by atoms with E-state index < -0.39 is 7.60 Å². The predicted molar refractivity (Wildman–Crippen MR) is 57.7 cm³/mol. The highest BCUT2D eigenvalue weighted by atomic mass is 31.2. The molecule has 0 aliphatic heterocycles. The van der Waals surface area contributed by atoms with Crippen LogP contribution in [0, 0.1) is 0 Å². The van der Waals surface area contributed by atoms with E-state index in [0.29, 0.717) is 6.16 Å². The lowest BCUT2D eigenvalue weighted by Crippen LogP contribution is -2.16. The van der Waals surface area contributed by atoms with E-state index in [-0.39, 0.29) is 6.10 Å². The molecule has 0 radical (unpaired) electrons. The summed E-state index contributed by atoms with van der Waals surface area (Å²) in [4.78, 5) is 0. The molecule has 14 heavy (non-hydrogen) atoms. The Morgan fingerprint density at radius 3 is 2.43 bits per heavy atom. The SMILES string of the molecule is CCCP(=O)(OC)OC1CCCCC1. The van der Waals surface area contributed by atoms with E-state index in [1.165, 1.54) is 26.4 Å². The largest absolute Gasteiger partial charge is 0.330 e. The molecule has 0 spiro atoms. The van der Waals surface area contributed by atoms with E-state index in [9.17, 15) is 4.57 Å². The minimum Gasteiger partial charge on any atom is -0.312 e. The van der Waals surface area contributed by atoms with Gasteiger partial charge in [-0.05, 0) is 19.3 Å². The highest BCUT2D eigenvalue weighted by Gasteiger charge is 2.27. The van der Waals surface area contributed by atoms with Crippen molar-refractivity contribution in [2.75, 3.05) is 13.3 Å². The van der Waals surface area contributed by atoms with Crippen LogP contribution < -0.4 is 0 Å². The van der Waals surface area contributed by atoms with Crippen LogP contribution in [0.2, 0.25) is 0 Å². The van der Waals surface area contributed by atoms with Crippen molar-refractivity contribution in [2.24, 2.45) is 0 Å². The van der Waals surface area contributed by atoms with Gasteiger partial charge in [0.1, 0.15) is 0 Å². The molecule has 1 saturated carbocycles. The molecule has 1 aliphatic carbocycles. The normalized spacial score (nSPS) is 23.3. The first-order chi connectivity index (χ1) is 6.70. The van der Waals surface area contributed by atoms with Crippen molar-refractivity contribution in [3.63, 3.8) is 0 Å². The van der Waals surface area contributed by atoms with Gasteiger partial charge in [-0.25, -0.2) is 0 Å². The topological polar surface area (TPSA) is 35.5 Å².